The number of hydrogen-bond acceptors (Lipinski definition) is 10. The van der Waals surface area contributed by atoms with E-state index in [2.05, 4.69) is 89.1 Å². The van der Waals surface area contributed by atoms with Gasteiger partial charge in [-0.05, 0) is 93.2 Å². The van der Waals surface area contributed by atoms with Crippen LogP contribution in [0.1, 0.15) is 114 Å². The molecule has 9 aliphatic rings. The predicted molar refractivity (Wildman–Crippen MR) is 232 cm³/mol. The van der Waals surface area contributed by atoms with Crippen LogP contribution in [0.4, 0.5) is 0 Å². The van der Waals surface area contributed by atoms with Crippen LogP contribution in [0.3, 0.4) is 0 Å². The molecule has 5 aliphatic heterocycles. The molecule has 2 saturated heterocycles. The summed E-state index contributed by atoms with van der Waals surface area (Å²) in [6.45, 7) is 17.6. The Morgan fingerprint density at radius 2 is 1.70 bits per heavy atom. The van der Waals surface area contributed by atoms with E-state index in [0.717, 1.165) is 46.4 Å². The average Bonchev–Trinajstić information content (AvgIpc) is 3.82. The van der Waals surface area contributed by atoms with Crippen LogP contribution in [0.15, 0.2) is 70.9 Å². The van der Waals surface area contributed by atoms with Crippen molar-refractivity contribution in [2.45, 2.75) is 116 Å². The third-order valence-corrected chi connectivity index (χ3v) is 15.4. The van der Waals surface area contributed by atoms with Gasteiger partial charge in [0.25, 0.3) is 0 Å². The maximum atomic E-state index is 15.9. The molecular formula is C51H58N2O8. The molecule has 4 aliphatic carbocycles. The van der Waals surface area contributed by atoms with E-state index in [-0.39, 0.29) is 23.9 Å². The molecule has 5 heterocycles. The summed E-state index contributed by atoms with van der Waals surface area (Å²) in [6.07, 6.45) is 13.3. The zero-order valence-corrected chi connectivity index (χ0v) is 37.2. The summed E-state index contributed by atoms with van der Waals surface area (Å²) < 4.78 is 34.5. The van der Waals surface area contributed by atoms with Crippen LogP contribution in [0.2, 0.25) is 0 Å². The van der Waals surface area contributed by atoms with Gasteiger partial charge in [-0.2, -0.15) is 0 Å². The smallest absolute Gasteiger partial charge is 0.333 e. The molecule has 2 aromatic carbocycles. The van der Waals surface area contributed by atoms with Gasteiger partial charge in [0.15, 0.2) is 22.8 Å². The van der Waals surface area contributed by atoms with Gasteiger partial charge in [0.05, 0.1) is 42.6 Å². The molecule has 5 fully saturated rings. The lowest BCUT2D eigenvalue weighted by molar-refractivity contribution is -0.245. The molecule has 3 saturated carbocycles. The van der Waals surface area contributed by atoms with Crippen LogP contribution in [0.25, 0.3) is 11.8 Å². The van der Waals surface area contributed by atoms with E-state index in [4.69, 9.17) is 23.7 Å². The van der Waals surface area contributed by atoms with Crippen molar-refractivity contribution in [1.29, 1.82) is 0 Å². The Bertz CT molecular complexity index is 2500. The summed E-state index contributed by atoms with van der Waals surface area (Å²) in [7, 11) is 3.08. The number of esters is 1. The van der Waals surface area contributed by atoms with E-state index in [1.54, 1.807) is 20.1 Å². The molecule has 10 heteroatoms. The van der Waals surface area contributed by atoms with Crippen LogP contribution in [0.5, 0.6) is 17.2 Å². The lowest BCUT2D eigenvalue weighted by Crippen LogP contribution is -2.84. The first-order valence-corrected chi connectivity index (χ1v) is 22.0. The van der Waals surface area contributed by atoms with Crippen molar-refractivity contribution in [3.63, 3.8) is 0 Å². The molecule has 10 nitrogen and oxygen atoms in total. The first kappa shape index (κ1) is 40.2. The summed E-state index contributed by atoms with van der Waals surface area (Å²) >= 11 is 0. The van der Waals surface area contributed by atoms with Crippen LogP contribution in [-0.2, 0) is 31.1 Å². The van der Waals surface area contributed by atoms with Crippen molar-refractivity contribution in [1.82, 2.24) is 10.2 Å². The van der Waals surface area contributed by atoms with Crippen LogP contribution in [0, 0.1) is 23.7 Å². The van der Waals surface area contributed by atoms with E-state index < -0.39 is 51.8 Å². The fourth-order valence-electron chi connectivity index (χ4n) is 13.2. The molecule has 4 bridgehead atoms. The molecule has 2 aromatic rings. The summed E-state index contributed by atoms with van der Waals surface area (Å²) in [5.74, 6) is -0.355. The predicted octanol–water partition coefficient (Wildman–Crippen LogP) is 8.43. The van der Waals surface area contributed by atoms with Crippen LogP contribution >= 0.6 is 0 Å². The normalized spacial score (nSPS) is 33.7. The minimum Gasteiger partial charge on any atom is -0.495 e. The Morgan fingerprint density at radius 1 is 0.967 bits per heavy atom. The van der Waals surface area contributed by atoms with Crippen molar-refractivity contribution in [2.24, 2.45) is 23.7 Å². The maximum absolute atomic E-state index is 15.9. The van der Waals surface area contributed by atoms with E-state index >= 15 is 9.59 Å². The Kier molecular flexibility index (Phi) is 8.75. The van der Waals surface area contributed by atoms with E-state index in [9.17, 15) is 4.79 Å². The Labute approximate surface area is 359 Å². The van der Waals surface area contributed by atoms with Crippen molar-refractivity contribution < 1.29 is 38.1 Å². The van der Waals surface area contributed by atoms with Crippen molar-refractivity contribution in [2.75, 3.05) is 27.3 Å². The SMILES string of the molecule is COC(=O)/C(C)=C\CC12OC(C)(C)C3CC(C1=O)C1C4=C(c5ccccc5C4=O)N4CCNC45c4c(OC)c6c(c(CC=C(C)C)c4OC32C15)OC(C)(CCC=C(C)C)C=C6. The number of hydrogen-bond donors (Lipinski definition) is 1. The lowest BCUT2D eigenvalue weighted by atomic mass is 9.39. The number of Topliss-reactive ketones (excluding diaryl/α,β-unsaturated/α-hetero) is 2. The Morgan fingerprint density at radius 3 is 2.41 bits per heavy atom. The number of methoxy groups -OCH3 is 2. The topological polar surface area (TPSA) is 113 Å². The standard InChI is InChI=1S/C51H58N2O8/c1-27(2)14-13-21-48(8)22-20-33-41(59-48)32(18-17-28(3)4)43-38(42(33)57-9)51-44-36(37-39(53(51)25-24-52-51)30-15-11-12-16-31(30)40(37)54)34-26-35-47(6,7)61-49(45(34)55,50(35,44)60-43)23-19-29(5)46(56)58-10/h11-12,14-17,19-20,22,34-36,44,52H,13,18,21,23-26H2,1-10H3/b29-19-. The summed E-state index contributed by atoms with van der Waals surface area (Å²) in [5.41, 5.74) is 3.29. The molecule has 0 amide bonds. The highest BCUT2D eigenvalue weighted by atomic mass is 16.6. The average molecular weight is 827 g/mol. The quantitative estimate of drug-likeness (QED) is 0.150. The second kappa shape index (κ2) is 13.3. The number of nitrogens with zero attached hydrogens (tertiary/aromatic N) is 1. The number of allylic oxidation sites excluding steroid dienone is 5. The number of benzene rings is 2. The highest BCUT2D eigenvalue weighted by Gasteiger charge is 2.89. The summed E-state index contributed by atoms with van der Waals surface area (Å²) in [5, 5.41) is 4.12. The molecule has 2 spiro atoms. The first-order chi connectivity index (χ1) is 29.0. The van der Waals surface area contributed by atoms with Gasteiger partial charge in [-0.1, -0.05) is 53.6 Å². The number of carbonyl (C=O) groups is 3. The molecule has 8 atom stereocenters. The second-order valence-electron chi connectivity index (χ2n) is 19.8. The zero-order valence-electron chi connectivity index (χ0n) is 37.2. The third kappa shape index (κ3) is 5.00. The van der Waals surface area contributed by atoms with E-state index in [1.807, 2.05) is 18.2 Å². The number of ketones is 2. The number of nitrogens with one attached hydrogen (secondary N) is 1. The van der Waals surface area contributed by atoms with Gasteiger partial charge in [0.2, 0.25) is 0 Å². The van der Waals surface area contributed by atoms with Crippen LogP contribution in [-0.4, -0.2) is 72.1 Å². The fraction of sp³-hybridized carbons (Fsp3) is 0.510. The summed E-state index contributed by atoms with van der Waals surface area (Å²) in [4.78, 5) is 46.3. The minimum atomic E-state index is -1.51. The zero-order chi connectivity index (χ0) is 43.2. The largest absolute Gasteiger partial charge is 0.495 e. The number of carbonyl (C=O) groups excluding carboxylic acids is 3. The third-order valence-electron chi connectivity index (χ3n) is 15.4. The number of rotatable bonds is 9. The molecular weight excluding hydrogens is 769 g/mol. The minimum absolute atomic E-state index is 0.0224. The molecule has 1 N–H and O–H groups in total. The van der Waals surface area contributed by atoms with Gasteiger partial charge in [-0.3, -0.25) is 14.9 Å². The fourth-order valence-corrected chi connectivity index (χ4v) is 13.2. The van der Waals surface area contributed by atoms with E-state index in [0.29, 0.717) is 59.9 Å². The van der Waals surface area contributed by atoms with Gasteiger partial charge in [0, 0.05) is 65.1 Å². The second-order valence-corrected chi connectivity index (χ2v) is 19.8. The van der Waals surface area contributed by atoms with Gasteiger partial charge < -0.3 is 28.6 Å². The maximum Gasteiger partial charge on any atom is 0.333 e. The molecule has 0 aromatic heterocycles. The van der Waals surface area contributed by atoms with Gasteiger partial charge in [0.1, 0.15) is 28.5 Å². The highest BCUT2D eigenvalue weighted by Crippen LogP contribution is 2.78. The molecule has 61 heavy (non-hydrogen) atoms. The Balaban J connectivity index is 1.32. The van der Waals surface area contributed by atoms with Gasteiger partial charge >= 0.3 is 5.97 Å². The summed E-state index contributed by atoms with van der Waals surface area (Å²) in [6, 6.07) is 7.89. The molecule has 8 unspecified atom stereocenters. The Hall–Kier alpha value is -4.93. The van der Waals surface area contributed by atoms with Crippen molar-refractivity contribution >= 4 is 29.3 Å². The highest BCUT2D eigenvalue weighted by molar-refractivity contribution is 6.22. The van der Waals surface area contributed by atoms with Gasteiger partial charge in [-0.15, -0.1) is 0 Å². The van der Waals surface area contributed by atoms with Crippen molar-refractivity contribution in [3.8, 4) is 17.2 Å². The molecule has 320 valence electrons. The monoisotopic (exact) mass is 826 g/mol. The lowest BCUT2D eigenvalue weighted by Gasteiger charge is -2.70. The molecule has 0 radical (unpaired) electrons. The van der Waals surface area contributed by atoms with Crippen LogP contribution < -0.4 is 19.5 Å². The van der Waals surface area contributed by atoms with E-state index in [1.165, 1.54) is 12.7 Å². The number of ether oxygens (including phenoxy) is 5. The number of fused-ring (bicyclic) bond motifs is 5. The van der Waals surface area contributed by atoms with Crippen molar-refractivity contribution in [3.05, 3.63) is 98.7 Å². The van der Waals surface area contributed by atoms with Gasteiger partial charge in [-0.25, -0.2) is 4.79 Å². The molecule has 11 rings (SSSR count). The first-order valence-electron chi connectivity index (χ1n) is 22.0.